The molecule has 140 valence electrons. The normalized spacial score (nSPS) is 28.0. The van der Waals surface area contributed by atoms with Gasteiger partial charge in [0.05, 0.1) is 0 Å². The molecular weight excluding hydrogens is 338 g/mol. The summed E-state index contributed by atoms with van der Waals surface area (Å²) in [6.07, 6.45) is 3.10. The van der Waals surface area contributed by atoms with E-state index in [4.69, 9.17) is 4.74 Å². The predicted octanol–water partition coefficient (Wildman–Crippen LogP) is 3.93. The summed E-state index contributed by atoms with van der Waals surface area (Å²) in [5.74, 6) is 1.31. The summed E-state index contributed by atoms with van der Waals surface area (Å²) < 4.78 is 5.67. The van der Waals surface area contributed by atoms with E-state index >= 15 is 0 Å². The van der Waals surface area contributed by atoms with Crippen LogP contribution in [0.4, 0.5) is 4.79 Å². The van der Waals surface area contributed by atoms with Gasteiger partial charge in [0, 0.05) is 24.5 Å². The highest BCUT2D eigenvalue weighted by molar-refractivity contribution is 5.79. The number of carbonyl (C=O) groups excluding carboxylic acids is 1. The van der Waals surface area contributed by atoms with E-state index in [0.717, 1.165) is 12.8 Å². The molecule has 0 saturated heterocycles. The average molecular weight is 363 g/mol. The van der Waals surface area contributed by atoms with Crippen molar-refractivity contribution >= 4 is 6.09 Å². The molecule has 3 aliphatic carbocycles. The van der Waals surface area contributed by atoms with Crippen LogP contribution in [0.1, 0.15) is 36.3 Å². The Morgan fingerprint density at radius 1 is 1.00 bits per heavy atom. The van der Waals surface area contributed by atoms with Gasteiger partial charge in [-0.3, -0.25) is 0 Å². The number of aliphatic hydroxyl groups is 1. The molecule has 2 fully saturated rings. The van der Waals surface area contributed by atoms with Crippen molar-refractivity contribution in [3.8, 4) is 11.1 Å². The fourth-order valence-corrected chi connectivity index (χ4v) is 5.67. The Balaban J connectivity index is 1.28. The summed E-state index contributed by atoms with van der Waals surface area (Å²) in [6, 6.07) is 16.8. The van der Waals surface area contributed by atoms with E-state index in [1.54, 1.807) is 0 Å². The number of ether oxygens (including phenoxy) is 1. The Morgan fingerprint density at radius 3 is 2.30 bits per heavy atom. The van der Waals surface area contributed by atoms with Crippen LogP contribution in [0.5, 0.6) is 0 Å². The van der Waals surface area contributed by atoms with Gasteiger partial charge < -0.3 is 15.2 Å². The molecule has 2 N–H and O–H groups in total. The molecular formula is C23H25NO3. The molecule has 2 saturated carbocycles. The fraction of sp³-hybridized carbons (Fsp3) is 0.435. The number of fused-ring (bicyclic) bond motifs is 5. The molecule has 4 unspecified atom stereocenters. The van der Waals surface area contributed by atoms with Gasteiger partial charge in [0.25, 0.3) is 0 Å². The van der Waals surface area contributed by atoms with Gasteiger partial charge in [-0.1, -0.05) is 48.5 Å². The lowest BCUT2D eigenvalue weighted by molar-refractivity contribution is 0.112. The van der Waals surface area contributed by atoms with Crippen LogP contribution >= 0.6 is 0 Å². The van der Waals surface area contributed by atoms with Crippen LogP contribution < -0.4 is 5.32 Å². The molecule has 2 aromatic rings. The van der Waals surface area contributed by atoms with Gasteiger partial charge in [-0.2, -0.15) is 0 Å². The number of rotatable bonds is 4. The summed E-state index contributed by atoms with van der Waals surface area (Å²) >= 11 is 0. The number of hydrogen-bond acceptors (Lipinski definition) is 3. The molecule has 0 heterocycles. The van der Waals surface area contributed by atoms with E-state index in [-0.39, 0.29) is 30.6 Å². The number of alkyl carbamates (subject to hydrolysis) is 1. The van der Waals surface area contributed by atoms with Crippen molar-refractivity contribution in [1.82, 2.24) is 5.32 Å². The van der Waals surface area contributed by atoms with E-state index < -0.39 is 0 Å². The van der Waals surface area contributed by atoms with Gasteiger partial charge in [-0.05, 0) is 53.4 Å². The van der Waals surface area contributed by atoms with Crippen molar-refractivity contribution in [2.45, 2.75) is 31.2 Å². The summed E-state index contributed by atoms with van der Waals surface area (Å²) in [5.41, 5.74) is 4.91. The largest absolute Gasteiger partial charge is 0.449 e. The minimum absolute atomic E-state index is 0.0596. The van der Waals surface area contributed by atoms with Crippen molar-refractivity contribution in [3.05, 3.63) is 59.7 Å². The molecule has 2 bridgehead atoms. The third kappa shape index (κ3) is 2.74. The summed E-state index contributed by atoms with van der Waals surface area (Å²) in [4.78, 5) is 12.5. The second kappa shape index (κ2) is 6.68. The zero-order chi connectivity index (χ0) is 18.4. The number of nitrogens with one attached hydrogen (secondary N) is 1. The van der Waals surface area contributed by atoms with Crippen LogP contribution in [0.3, 0.4) is 0 Å². The number of hydrogen-bond donors (Lipinski definition) is 2. The summed E-state index contributed by atoms with van der Waals surface area (Å²) in [5, 5.41) is 12.8. The zero-order valence-electron chi connectivity index (χ0n) is 15.3. The van der Waals surface area contributed by atoms with Crippen LogP contribution in [0.2, 0.25) is 0 Å². The Bertz CT molecular complexity index is 819. The van der Waals surface area contributed by atoms with Gasteiger partial charge >= 0.3 is 6.09 Å². The Hall–Kier alpha value is -2.33. The van der Waals surface area contributed by atoms with Crippen molar-refractivity contribution in [2.75, 3.05) is 13.2 Å². The maximum absolute atomic E-state index is 12.5. The minimum Gasteiger partial charge on any atom is -0.449 e. The van der Waals surface area contributed by atoms with Crippen LogP contribution in [0, 0.1) is 17.8 Å². The topological polar surface area (TPSA) is 58.6 Å². The zero-order valence-corrected chi connectivity index (χ0v) is 15.3. The minimum atomic E-state index is -0.354. The lowest BCUT2D eigenvalue weighted by atomic mass is 9.85. The first-order chi connectivity index (χ1) is 13.3. The molecule has 4 nitrogen and oxygen atoms in total. The van der Waals surface area contributed by atoms with Crippen LogP contribution in [0.15, 0.2) is 48.5 Å². The van der Waals surface area contributed by atoms with Crippen LogP contribution in [0.25, 0.3) is 11.1 Å². The first kappa shape index (κ1) is 16.8. The average Bonchev–Trinajstić information content (AvgIpc) is 3.38. The Labute approximate surface area is 159 Å². The third-order valence-corrected chi connectivity index (χ3v) is 6.93. The van der Waals surface area contributed by atoms with Crippen molar-refractivity contribution < 1.29 is 14.6 Å². The molecule has 0 radical (unpaired) electrons. The molecule has 1 amide bonds. The van der Waals surface area contributed by atoms with Gasteiger partial charge in [-0.25, -0.2) is 4.79 Å². The molecule has 0 spiro atoms. The molecule has 0 aromatic heterocycles. The van der Waals surface area contributed by atoms with Crippen LogP contribution in [-0.4, -0.2) is 30.5 Å². The second-order valence-corrected chi connectivity index (χ2v) is 8.18. The molecule has 4 atom stereocenters. The maximum Gasteiger partial charge on any atom is 0.407 e. The van der Waals surface area contributed by atoms with Crippen molar-refractivity contribution in [1.29, 1.82) is 0 Å². The van der Waals surface area contributed by atoms with E-state index in [9.17, 15) is 9.90 Å². The summed E-state index contributed by atoms with van der Waals surface area (Å²) in [7, 11) is 0. The highest BCUT2D eigenvalue weighted by atomic mass is 16.5. The number of aliphatic hydroxyl groups excluding tert-OH is 1. The molecule has 4 heteroatoms. The van der Waals surface area contributed by atoms with Gasteiger partial charge in [-0.15, -0.1) is 0 Å². The number of amides is 1. The first-order valence-corrected chi connectivity index (χ1v) is 9.98. The number of benzene rings is 2. The van der Waals surface area contributed by atoms with E-state index in [1.165, 1.54) is 28.7 Å². The lowest BCUT2D eigenvalue weighted by Gasteiger charge is -2.30. The Kier molecular flexibility index (Phi) is 4.16. The molecule has 3 aliphatic rings. The van der Waals surface area contributed by atoms with Crippen molar-refractivity contribution in [3.63, 3.8) is 0 Å². The smallest absolute Gasteiger partial charge is 0.407 e. The number of carbonyl (C=O) groups is 1. The monoisotopic (exact) mass is 363 g/mol. The van der Waals surface area contributed by atoms with Crippen LogP contribution in [-0.2, 0) is 4.74 Å². The highest BCUT2D eigenvalue weighted by Gasteiger charge is 2.48. The first-order valence-electron chi connectivity index (χ1n) is 9.98. The quantitative estimate of drug-likeness (QED) is 0.865. The maximum atomic E-state index is 12.5. The fourth-order valence-electron chi connectivity index (χ4n) is 5.67. The Morgan fingerprint density at radius 2 is 1.63 bits per heavy atom. The van der Waals surface area contributed by atoms with Gasteiger partial charge in [0.2, 0.25) is 0 Å². The lowest BCUT2D eigenvalue weighted by Crippen LogP contribution is -2.45. The molecule has 27 heavy (non-hydrogen) atoms. The second-order valence-electron chi connectivity index (χ2n) is 8.18. The van der Waals surface area contributed by atoms with Crippen molar-refractivity contribution in [2.24, 2.45) is 17.8 Å². The van der Waals surface area contributed by atoms with E-state index in [2.05, 4.69) is 41.7 Å². The van der Waals surface area contributed by atoms with E-state index in [1.807, 2.05) is 12.1 Å². The van der Waals surface area contributed by atoms with Gasteiger partial charge in [0.1, 0.15) is 6.61 Å². The van der Waals surface area contributed by atoms with E-state index in [0.29, 0.717) is 18.4 Å². The molecule has 0 aliphatic heterocycles. The highest BCUT2D eigenvalue weighted by Crippen LogP contribution is 2.48. The molecule has 2 aromatic carbocycles. The SMILES string of the molecule is O=C(NC1C2CCC(C2)C1CO)OCC1c2ccccc2-c2ccccc21. The third-order valence-electron chi connectivity index (χ3n) is 6.93. The predicted molar refractivity (Wildman–Crippen MR) is 103 cm³/mol. The summed E-state index contributed by atoms with van der Waals surface area (Å²) in [6.45, 7) is 0.486. The molecule has 5 rings (SSSR count). The van der Waals surface area contributed by atoms with Gasteiger partial charge in [0.15, 0.2) is 0 Å². The standard InChI is InChI=1S/C23H25NO3/c25-12-20-14-9-10-15(11-14)22(20)24-23(26)27-13-21-18-7-3-1-5-16(18)17-6-2-4-8-19(17)21/h1-8,14-15,20-22,25H,9-13H2,(H,24,26).